The van der Waals surface area contributed by atoms with Gasteiger partial charge in [-0.1, -0.05) is 117 Å². The second kappa shape index (κ2) is 26.8. The van der Waals surface area contributed by atoms with Crippen molar-refractivity contribution in [2.45, 2.75) is 139 Å². The number of unbranched alkanes of at least 4 members (excludes halogenated alkanes) is 5. The highest BCUT2D eigenvalue weighted by Crippen LogP contribution is 2.23. The Hall–Kier alpha value is -1.80. The van der Waals surface area contributed by atoms with E-state index in [-0.39, 0.29) is 0 Å². The molecule has 0 aromatic carbocycles. The molecule has 2 nitrogen and oxygen atoms in total. The standard InChI is InChI=1S/C27H45N.C9H21N/c1-9-12-14-16-26(20-27(24(8)28)19-21(4)5)23(7)17-18-25(11-3)22(6)15-13-10-2;1-3-5-6-7-9-10-8-4-2/h14,16-18,20-21H,7,9-13,15,19,28H2,1-6,8H3;10H,3-9H2,1-2H3/b16-14+,18-17-,25-22-,26-20+,27-24+;. The first-order valence-electron chi connectivity index (χ1n) is 15.8. The van der Waals surface area contributed by atoms with Crippen LogP contribution in [0.5, 0.6) is 0 Å². The summed E-state index contributed by atoms with van der Waals surface area (Å²) in [6, 6.07) is 0. The maximum atomic E-state index is 6.17. The number of rotatable bonds is 20. The molecular formula is C36H66N2. The molecule has 0 amide bonds. The van der Waals surface area contributed by atoms with Crippen molar-refractivity contribution in [2.24, 2.45) is 11.7 Å². The van der Waals surface area contributed by atoms with Gasteiger partial charge in [0.25, 0.3) is 0 Å². The highest BCUT2D eigenvalue weighted by molar-refractivity contribution is 5.50. The van der Waals surface area contributed by atoms with E-state index in [4.69, 9.17) is 5.73 Å². The van der Waals surface area contributed by atoms with Crippen molar-refractivity contribution in [3.05, 3.63) is 70.5 Å². The van der Waals surface area contributed by atoms with Crippen LogP contribution >= 0.6 is 0 Å². The fourth-order valence-corrected chi connectivity index (χ4v) is 4.03. The highest BCUT2D eigenvalue weighted by atomic mass is 14.8. The summed E-state index contributed by atoms with van der Waals surface area (Å²) >= 11 is 0. The third kappa shape index (κ3) is 22.2. The number of hydrogen-bond acceptors (Lipinski definition) is 2. The smallest absolute Gasteiger partial charge is 0.00817 e. The van der Waals surface area contributed by atoms with Crippen molar-refractivity contribution < 1.29 is 0 Å². The maximum Gasteiger partial charge on any atom is 0.00817 e. The summed E-state index contributed by atoms with van der Waals surface area (Å²) in [6.45, 7) is 26.6. The monoisotopic (exact) mass is 527 g/mol. The summed E-state index contributed by atoms with van der Waals surface area (Å²) in [5.41, 5.74) is 13.4. The highest BCUT2D eigenvalue weighted by Gasteiger charge is 2.05. The molecule has 0 saturated carbocycles. The van der Waals surface area contributed by atoms with Crippen LogP contribution in [-0.4, -0.2) is 13.1 Å². The lowest BCUT2D eigenvalue weighted by Gasteiger charge is -2.11. The van der Waals surface area contributed by atoms with Crippen molar-refractivity contribution in [3.63, 3.8) is 0 Å². The molecule has 0 aliphatic carbocycles. The summed E-state index contributed by atoms with van der Waals surface area (Å²) in [7, 11) is 0. The minimum Gasteiger partial charge on any atom is -0.402 e. The van der Waals surface area contributed by atoms with E-state index in [0.717, 1.165) is 42.5 Å². The molecule has 0 aliphatic heterocycles. The van der Waals surface area contributed by atoms with Crippen LogP contribution in [0.25, 0.3) is 0 Å². The van der Waals surface area contributed by atoms with Gasteiger partial charge < -0.3 is 11.1 Å². The summed E-state index contributed by atoms with van der Waals surface area (Å²) in [4.78, 5) is 0. The maximum absolute atomic E-state index is 6.17. The number of nitrogens with two attached hydrogens (primary N) is 1. The minimum atomic E-state index is 0.574. The molecule has 0 atom stereocenters. The lowest BCUT2D eigenvalue weighted by atomic mass is 9.95. The average molecular weight is 527 g/mol. The second-order valence-corrected chi connectivity index (χ2v) is 11.0. The molecule has 0 rings (SSSR count). The zero-order valence-electron chi connectivity index (χ0n) is 27.1. The topological polar surface area (TPSA) is 38.0 Å². The molecule has 0 saturated heterocycles. The van der Waals surface area contributed by atoms with Crippen molar-refractivity contribution >= 4 is 0 Å². The number of allylic oxidation sites excluding steroid dienone is 11. The van der Waals surface area contributed by atoms with Crippen LogP contribution in [0.4, 0.5) is 0 Å². The predicted octanol–water partition coefficient (Wildman–Crippen LogP) is 11.1. The van der Waals surface area contributed by atoms with E-state index in [1.165, 1.54) is 81.2 Å². The van der Waals surface area contributed by atoms with Crippen LogP contribution < -0.4 is 11.1 Å². The Morgan fingerprint density at radius 3 is 2.00 bits per heavy atom. The third-order valence-corrected chi connectivity index (χ3v) is 6.54. The van der Waals surface area contributed by atoms with Crippen LogP contribution in [0.1, 0.15) is 139 Å². The van der Waals surface area contributed by atoms with E-state index in [2.05, 4.69) is 97.7 Å². The van der Waals surface area contributed by atoms with E-state index in [1.54, 1.807) is 0 Å². The second-order valence-electron chi connectivity index (χ2n) is 11.0. The van der Waals surface area contributed by atoms with Gasteiger partial charge in [-0.2, -0.15) is 0 Å². The third-order valence-electron chi connectivity index (χ3n) is 6.54. The number of hydrogen-bond donors (Lipinski definition) is 2. The Morgan fingerprint density at radius 1 is 0.789 bits per heavy atom. The van der Waals surface area contributed by atoms with Crippen molar-refractivity contribution in [1.29, 1.82) is 0 Å². The van der Waals surface area contributed by atoms with E-state index < -0.39 is 0 Å². The van der Waals surface area contributed by atoms with Gasteiger partial charge in [0.1, 0.15) is 0 Å². The zero-order valence-corrected chi connectivity index (χ0v) is 27.1. The van der Waals surface area contributed by atoms with E-state index >= 15 is 0 Å². The SMILES string of the molecule is C=C(/C=C\C(CC)=C(\C)CCCC)C(/C=C/CCC)=C/C(CC(C)C)=C(\C)N.CCCCCCNCCC. The Labute approximate surface area is 239 Å². The zero-order chi connectivity index (χ0) is 29.2. The summed E-state index contributed by atoms with van der Waals surface area (Å²) in [5, 5.41) is 3.39. The lowest BCUT2D eigenvalue weighted by Crippen LogP contribution is -2.15. The lowest BCUT2D eigenvalue weighted by molar-refractivity contribution is 0.594. The van der Waals surface area contributed by atoms with E-state index in [1.807, 2.05) is 6.92 Å². The van der Waals surface area contributed by atoms with E-state index in [0.29, 0.717) is 5.92 Å². The molecule has 0 unspecified atom stereocenters. The number of nitrogens with one attached hydrogen (secondary N) is 1. The Kier molecular flexibility index (Phi) is 27.0. The molecule has 2 heteroatoms. The fourth-order valence-electron chi connectivity index (χ4n) is 4.03. The summed E-state index contributed by atoms with van der Waals surface area (Å²) in [6.07, 6.45) is 25.8. The first-order valence-corrected chi connectivity index (χ1v) is 15.8. The predicted molar refractivity (Wildman–Crippen MR) is 177 cm³/mol. The molecule has 3 N–H and O–H groups in total. The van der Waals surface area contributed by atoms with Gasteiger partial charge in [-0.05, 0) is 106 Å². The molecule has 0 aliphatic rings. The van der Waals surface area contributed by atoms with Crippen molar-refractivity contribution in [3.8, 4) is 0 Å². The molecule has 38 heavy (non-hydrogen) atoms. The van der Waals surface area contributed by atoms with Crippen LogP contribution in [0.15, 0.2) is 70.5 Å². The van der Waals surface area contributed by atoms with Gasteiger partial charge in [-0.15, -0.1) is 0 Å². The van der Waals surface area contributed by atoms with Crippen LogP contribution in [0.3, 0.4) is 0 Å². The Morgan fingerprint density at radius 2 is 1.47 bits per heavy atom. The van der Waals surface area contributed by atoms with Crippen LogP contribution in [-0.2, 0) is 0 Å². The Balaban J connectivity index is 0. The first kappa shape index (κ1) is 38.3. The molecule has 220 valence electrons. The quantitative estimate of drug-likeness (QED) is 0.122. The molecule has 0 aromatic heterocycles. The van der Waals surface area contributed by atoms with Crippen molar-refractivity contribution in [2.75, 3.05) is 13.1 Å². The van der Waals surface area contributed by atoms with Gasteiger partial charge in [0, 0.05) is 5.70 Å². The largest absolute Gasteiger partial charge is 0.402 e. The fraction of sp³-hybridized carbons (Fsp3) is 0.667. The van der Waals surface area contributed by atoms with Gasteiger partial charge in [-0.25, -0.2) is 0 Å². The normalized spacial score (nSPS) is 13.6. The molecule has 0 fully saturated rings. The molecular weight excluding hydrogens is 460 g/mol. The Bertz CT molecular complexity index is 731. The van der Waals surface area contributed by atoms with Crippen LogP contribution in [0, 0.1) is 5.92 Å². The van der Waals surface area contributed by atoms with Gasteiger partial charge in [-0.3, -0.25) is 0 Å². The molecule has 0 spiro atoms. The average Bonchev–Trinajstić information content (AvgIpc) is 2.88. The minimum absolute atomic E-state index is 0.574. The van der Waals surface area contributed by atoms with Gasteiger partial charge >= 0.3 is 0 Å². The first-order chi connectivity index (χ1) is 18.2. The van der Waals surface area contributed by atoms with Crippen molar-refractivity contribution in [1.82, 2.24) is 5.32 Å². The molecule has 0 bridgehead atoms. The van der Waals surface area contributed by atoms with E-state index in [9.17, 15) is 0 Å². The van der Waals surface area contributed by atoms with Gasteiger partial charge in [0.05, 0.1) is 0 Å². The molecule has 0 heterocycles. The summed E-state index contributed by atoms with van der Waals surface area (Å²) < 4.78 is 0. The molecule has 0 aromatic rings. The van der Waals surface area contributed by atoms with Gasteiger partial charge in [0.2, 0.25) is 0 Å². The van der Waals surface area contributed by atoms with Gasteiger partial charge in [0.15, 0.2) is 0 Å². The summed E-state index contributed by atoms with van der Waals surface area (Å²) in [5.74, 6) is 0.574. The molecule has 0 radical (unpaired) electrons. The van der Waals surface area contributed by atoms with Crippen LogP contribution in [0.2, 0.25) is 0 Å².